The Bertz CT molecular complexity index is 236. The largest absolute Gasteiger partial charge is 0.293 e. The van der Waals surface area contributed by atoms with E-state index in [0.717, 1.165) is 6.42 Å². The van der Waals surface area contributed by atoms with E-state index < -0.39 is 0 Å². The first kappa shape index (κ1) is 24.9. The number of allylic oxidation sites excluding steroid dienone is 7. The number of unbranched alkanes of at least 4 members (excludes halogenated alkanes) is 5. The first-order valence-corrected chi connectivity index (χ1v) is 7.62. The SMILES string of the molecule is [CH-]=C/C=C\C/C=C\CCCC.[CH2-]/C=C\CCCCC.[Y]. The van der Waals surface area contributed by atoms with Crippen LogP contribution in [-0.4, -0.2) is 0 Å². The molecule has 113 valence electrons. The molecule has 0 aliphatic heterocycles. The van der Waals surface area contributed by atoms with Crippen LogP contribution in [0.2, 0.25) is 0 Å². The molecule has 0 rings (SSSR count). The quantitative estimate of drug-likeness (QED) is 0.180. The molecule has 0 bridgehead atoms. The van der Waals surface area contributed by atoms with Crippen molar-refractivity contribution >= 4 is 0 Å². The molecule has 0 fully saturated rings. The van der Waals surface area contributed by atoms with E-state index in [1.54, 1.807) is 6.08 Å². The minimum Gasteiger partial charge on any atom is -0.293 e. The second-order valence-electron chi connectivity index (χ2n) is 4.44. The van der Waals surface area contributed by atoms with Crippen LogP contribution in [0.15, 0.2) is 42.5 Å². The predicted octanol–water partition coefficient (Wildman–Crippen LogP) is 6.62. The molecule has 0 saturated carbocycles. The molecule has 0 aromatic rings. The topological polar surface area (TPSA) is 0 Å². The summed E-state index contributed by atoms with van der Waals surface area (Å²) in [6, 6.07) is 0. The number of hydrogen-bond acceptors (Lipinski definition) is 0. The van der Waals surface area contributed by atoms with E-state index >= 15 is 0 Å². The Morgan fingerprint density at radius 1 is 0.850 bits per heavy atom. The average molecular weight is 349 g/mol. The van der Waals surface area contributed by atoms with Gasteiger partial charge in [-0.25, -0.2) is 31.2 Å². The van der Waals surface area contributed by atoms with E-state index in [1.807, 2.05) is 18.2 Å². The molecule has 0 spiro atoms. The van der Waals surface area contributed by atoms with Crippen molar-refractivity contribution in [2.75, 3.05) is 0 Å². The molecule has 0 N–H and O–H groups in total. The van der Waals surface area contributed by atoms with Crippen LogP contribution in [0, 0.1) is 13.5 Å². The molecular formula is C19H32Y-2. The van der Waals surface area contributed by atoms with E-state index in [1.165, 1.54) is 44.9 Å². The smallest absolute Gasteiger partial charge is 0 e. The molecule has 0 aliphatic carbocycles. The summed E-state index contributed by atoms with van der Waals surface area (Å²) >= 11 is 0. The van der Waals surface area contributed by atoms with Crippen LogP contribution < -0.4 is 0 Å². The first-order valence-electron chi connectivity index (χ1n) is 7.62. The zero-order chi connectivity index (χ0) is 14.6. The molecular weight excluding hydrogens is 317 g/mol. The van der Waals surface area contributed by atoms with Crippen LogP contribution in [0.3, 0.4) is 0 Å². The zero-order valence-corrected chi connectivity index (χ0v) is 16.4. The fourth-order valence-corrected chi connectivity index (χ4v) is 1.40. The van der Waals surface area contributed by atoms with Gasteiger partial charge in [-0.2, -0.15) is 6.08 Å². The number of hydrogen-bond donors (Lipinski definition) is 0. The number of rotatable bonds is 10. The van der Waals surface area contributed by atoms with Crippen LogP contribution >= 0.6 is 0 Å². The van der Waals surface area contributed by atoms with Crippen LogP contribution in [-0.2, 0) is 32.7 Å². The van der Waals surface area contributed by atoms with Gasteiger partial charge in [0.2, 0.25) is 0 Å². The van der Waals surface area contributed by atoms with Gasteiger partial charge in [0.1, 0.15) is 0 Å². The monoisotopic (exact) mass is 349 g/mol. The van der Waals surface area contributed by atoms with Gasteiger partial charge >= 0.3 is 0 Å². The van der Waals surface area contributed by atoms with E-state index in [4.69, 9.17) is 6.58 Å². The standard InChI is InChI=1S/C11H17.C8H15.Y/c1-3-5-7-9-11-10-8-6-4-2;1-3-5-7-8-6-4-2;/h1,3,5,7,10-11H,4,6,8-9H2,2H3;3,5H,1,4,6-8H2,2H3;/q2*-1;/b7-5-,11-10-;5-3-;. The van der Waals surface area contributed by atoms with E-state index in [0.29, 0.717) is 0 Å². The summed E-state index contributed by atoms with van der Waals surface area (Å²) in [7, 11) is 0. The summed E-state index contributed by atoms with van der Waals surface area (Å²) in [6.45, 7) is 13.2. The van der Waals surface area contributed by atoms with Gasteiger partial charge in [-0.1, -0.05) is 58.1 Å². The molecule has 0 nitrogen and oxygen atoms in total. The van der Waals surface area contributed by atoms with Crippen molar-refractivity contribution in [2.45, 2.75) is 65.2 Å². The third-order valence-corrected chi connectivity index (χ3v) is 2.55. The van der Waals surface area contributed by atoms with Crippen molar-refractivity contribution in [1.29, 1.82) is 0 Å². The van der Waals surface area contributed by atoms with Crippen molar-refractivity contribution in [3.63, 3.8) is 0 Å². The maximum Gasteiger partial charge on any atom is 0 e. The van der Waals surface area contributed by atoms with Gasteiger partial charge in [-0.3, -0.25) is 6.58 Å². The third-order valence-electron chi connectivity index (χ3n) is 2.55. The van der Waals surface area contributed by atoms with Gasteiger partial charge in [0.15, 0.2) is 0 Å². The maximum absolute atomic E-state index is 5.16. The Kier molecular flexibility index (Phi) is 34.0. The molecule has 1 radical (unpaired) electrons. The molecule has 0 aromatic carbocycles. The van der Waals surface area contributed by atoms with Crippen LogP contribution in [0.25, 0.3) is 0 Å². The van der Waals surface area contributed by atoms with Crippen molar-refractivity contribution in [1.82, 2.24) is 0 Å². The Morgan fingerprint density at radius 3 is 2.05 bits per heavy atom. The van der Waals surface area contributed by atoms with Gasteiger partial charge in [-0.15, -0.1) is 6.42 Å². The van der Waals surface area contributed by atoms with E-state index in [-0.39, 0.29) is 32.7 Å². The van der Waals surface area contributed by atoms with Gasteiger partial charge in [0.25, 0.3) is 0 Å². The summed E-state index contributed by atoms with van der Waals surface area (Å²) in [4.78, 5) is 0. The summed E-state index contributed by atoms with van der Waals surface area (Å²) in [6.07, 6.45) is 23.8. The van der Waals surface area contributed by atoms with Crippen molar-refractivity contribution in [3.05, 3.63) is 56.0 Å². The summed E-state index contributed by atoms with van der Waals surface area (Å²) in [5.41, 5.74) is 0. The molecule has 0 aliphatic rings. The van der Waals surface area contributed by atoms with Crippen molar-refractivity contribution in [3.8, 4) is 0 Å². The molecule has 0 saturated heterocycles. The van der Waals surface area contributed by atoms with Crippen LogP contribution in [0.4, 0.5) is 0 Å². The average Bonchev–Trinajstić information content (AvgIpc) is 2.44. The van der Waals surface area contributed by atoms with Gasteiger partial charge < -0.3 is 0 Å². The summed E-state index contributed by atoms with van der Waals surface area (Å²) in [5, 5.41) is 0. The summed E-state index contributed by atoms with van der Waals surface area (Å²) in [5.74, 6) is 0. The van der Waals surface area contributed by atoms with Crippen molar-refractivity contribution < 1.29 is 32.7 Å². The Morgan fingerprint density at radius 2 is 1.50 bits per heavy atom. The molecule has 0 aromatic heterocycles. The second-order valence-corrected chi connectivity index (χ2v) is 4.44. The normalized spacial score (nSPS) is 10.5. The van der Waals surface area contributed by atoms with Gasteiger partial charge in [0, 0.05) is 32.7 Å². The molecule has 0 unspecified atom stereocenters. The molecule has 0 heterocycles. The van der Waals surface area contributed by atoms with Crippen LogP contribution in [0.5, 0.6) is 0 Å². The Balaban J connectivity index is -0.000000288. The third kappa shape index (κ3) is 30.7. The molecule has 0 atom stereocenters. The Hall–Kier alpha value is -0.0661. The Labute approximate surface area is 153 Å². The second kappa shape index (κ2) is 27.3. The van der Waals surface area contributed by atoms with Crippen LogP contribution in [0.1, 0.15) is 65.2 Å². The minimum absolute atomic E-state index is 0. The molecule has 0 amide bonds. The summed E-state index contributed by atoms with van der Waals surface area (Å²) < 4.78 is 0. The predicted molar refractivity (Wildman–Crippen MR) is 89.9 cm³/mol. The zero-order valence-electron chi connectivity index (χ0n) is 13.6. The van der Waals surface area contributed by atoms with E-state index in [2.05, 4.69) is 39.0 Å². The fraction of sp³-hybridized carbons (Fsp3) is 0.526. The van der Waals surface area contributed by atoms with E-state index in [9.17, 15) is 0 Å². The van der Waals surface area contributed by atoms with Gasteiger partial charge in [-0.05, 0) is 12.8 Å². The van der Waals surface area contributed by atoms with Crippen molar-refractivity contribution in [2.24, 2.45) is 0 Å². The maximum atomic E-state index is 5.16. The molecule has 20 heavy (non-hydrogen) atoms. The minimum atomic E-state index is 0. The molecule has 1 heteroatoms. The van der Waals surface area contributed by atoms with Gasteiger partial charge in [0.05, 0.1) is 0 Å². The fourth-order valence-electron chi connectivity index (χ4n) is 1.40. The first-order chi connectivity index (χ1) is 9.33.